The van der Waals surface area contributed by atoms with Crippen LogP contribution >= 0.6 is 0 Å². The number of hydroxylamine groups is 1. The zero-order chi connectivity index (χ0) is 13.8. The van der Waals surface area contributed by atoms with E-state index in [-0.39, 0.29) is 23.7 Å². The van der Waals surface area contributed by atoms with E-state index in [4.69, 9.17) is 4.84 Å². The first-order valence-corrected chi connectivity index (χ1v) is 7.28. The molecule has 2 aliphatic rings. The zero-order valence-electron chi connectivity index (χ0n) is 11.9. The normalized spacial score (nSPS) is 20.7. The second kappa shape index (κ2) is 6.37. The molecule has 108 valence electrons. The van der Waals surface area contributed by atoms with Crippen molar-refractivity contribution in [3.05, 3.63) is 0 Å². The number of carbonyl (C=O) groups excluding carboxylic acids is 2. The molecule has 0 bridgehead atoms. The van der Waals surface area contributed by atoms with Gasteiger partial charge in [0.05, 0.1) is 6.61 Å². The van der Waals surface area contributed by atoms with Crippen LogP contribution in [0.5, 0.6) is 0 Å². The van der Waals surface area contributed by atoms with Crippen molar-refractivity contribution >= 4 is 11.8 Å². The van der Waals surface area contributed by atoms with Gasteiger partial charge in [-0.05, 0) is 31.6 Å². The molecule has 1 aliphatic heterocycles. The SMILES string of the molecule is CC(C)CONC(=O)C1CCN(C(=O)C2CC2)CC1. The van der Waals surface area contributed by atoms with Crippen molar-refractivity contribution < 1.29 is 14.4 Å². The molecule has 1 N–H and O–H groups in total. The van der Waals surface area contributed by atoms with Gasteiger partial charge in [-0.3, -0.25) is 14.4 Å². The summed E-state index contributed by atoms with van der Waals surface area (Å²) in [6, 6.07) is 0. The predicted octanol–water partition coefficient (Wildman–Crippen LogP) is 1.34. The molecule has 2 fully saturated rings. The minimum Gasteiger partial charge on any atom is -0.342 e. The highest BCUT2D eigenvalue weighted by atomic mass is 16.6. The lowest BCUT2D eigenvalue weighted by Gasteiger charge is -2.31. The van der Waals surface area contributed by atoms with E-state index >= 15 is 0 Å². The monoisotopic (exact) mass is 268 g/mol. The summed E-state index contributed by atoms with van der Waals surface area (Å²) >= 11 is 0. The Balaban J connectivity index is 1.67. The molecule has 0 unspecified atom stereocenters. The van der Waals surface area contributed by atoms with Gasteiger partial charge in [0.25, 0.3) is 0 Å². The van der Waals surface area contributed by atoms with Gasteiger partial charge in [0.1, 0.15) is 0 Å². The molecule has 1 aliphatic carbocycles. The average Bonchev–Trinajstić information content (AvgIpc) is 3.22. The van der Waals surface area contributed by atoms with Crippen LogP contribution in [0.15, 0.2) is 0 Å². The molecule has 0 radical (unpaired) electrons. The number of piperidine rings is 1. The topological polar surface area (TPSA) is 58.6 Å². The second-order valence-corrected chi connectivity index (χ2v) is 6.04. The molecule has 0 aromatic carbocycles. The van der Waals surface area contributed by atoms with Crippen molar-refractivity contribution in [2.75, 3.05) is 19.7 Å². The van der Waals surface area contributed by atoms with Crippen LogP contribution in [0.1, 0.15) is 39.5 Å². The quantitative estimate of drug-likeness (QED) is 0.765. The van der Waals surface area contributed by atoms with Crippen LogP contribution in [0.25, 0.3) is 0 Å². The molecule has 0 aromatic rings. The summed E-state index contributed by atoms with van der Waals surface area (Å²) in [6.45, 7) is 6.02. The van der Waals surface area contributed by atoms with E-state index in [2.05, 4.69) is 5.48 Å². The third-order valence-corrected chi connectivity index (χ3v) is 3.69. The Morgan fingerprint density at radius 2 is 1.79 bits per heavy atom. The predicted molar refractivity (Wildman–Crippen MR) is 71.0 cm³/mol. The van der Waals surface area contributed by atoms with E-state index in [1.54, 1.807) is 0 Å². The maximum atomic E-state index is 11.9. The highest BCUT2D eigenvalue weighted by Gasteiger charge is 2.35. The number of rotatable bonds is 5. The lowest BCUT2D eigenvalue weighted by Crippen LogP contribution is -2.43. The van der Waals surface area contributed by atoms with E-state index in [0.717, 1.165) is 25.7 Å². The molecule has 5 nitrogen and oxygen atoms in total. The molecule has 0 spiro atoms. The van der Waals surface area contributed by atoms with Crippen LogP contribution in [0.4, 0.5) is 0 Å². The van der Waals surface area contributed by atoms with Gasteiger partial charge in [0.2, 0.25) is 11.8 Å². The number of nitrogens with one attached hydrogen (secondary N) is 1. The smallest absolute Gasteiger partial charge is 0.246 e. The van der Waals surface area contributed by atoms with E-state index in [9.17, 15) is 9.59 Å². The summed E-state index contributed by atoms with van der Waals surface area (Å²) in [4.78, 5) is 30.8. The molecule has 5 heteroatoms. The van der Waals surface area contributed by atoms with Crippen molar-refractivity contribution in [3.63, 3.8) is 0 Å². The van der Waals surface area contributed by atoms with Gasteiger partial charge < -0.3 is 4.90 Å². The Morgan fingerprint density at radius 3 is 2.32 bits per heavy atom. The van der Waals surface area contributed by atoms with Gasteiger partial charge in [-0.2, -0.15) is 0 Å². The lowest BCUT2D eigenvalue weighted by atomic mass is 9.96. The van der Waals surface area contributed by atoms with Gasteiger partial charge >= 0.3 is 0 Å². The van der Waals surface area contributed by atoms with E-state index < -0.39 is 0 Å². The first-order valence-electron chi connectivity index (χ1n) is 7.28. The van der Waals surface area contributed by atoms with Gasteiger partial charge in [0, 0.05) is 24.9 Å². The number of nitrogens with zero attached hydrogens (tertiary/aromatic N) is 1. The van der Waals surface area contributed by atoms with Crippen LogP contribution in [0, 0.1) is 17.8 Å². The summed E-state index contributed by atoms with van der Waals surface area (Å²) in [6.07, 6.45) is 3.58. The van der Waals surface area contributed by atoms with E-state index in [0.29, 0.717) is 25.6 Å². The molecule has 0 aromatic heterocycles. The molecule has 19 heavy (non-hydrogen) atoms. The molecule has 1 heterocycles. The zero-order valence-corrected chi connectivity index (χ0v) is 11.9. The molecule has 1 saturated heterocycles. The highest BCUT2D eigenvalue weighted by molar-refractivity contribution is 5.82. The van der Waals surface area contributed by atoms with Gasteiger partial charge in [-0.15, -0.1) is 0 Å². The standard InChI is InChI=1S/C14H24N2O3/c1-10(2)9-19-15-13(17)11-5-7-16(8-6-11)14(18)12-3-4-12/h10-12H,3-9H2,1-2H3,(H,15,17). The first kappa shape index (κ1) is 14.3. The third-order valence-electron chi connectivity index (χ3n) is 3.69. The largest absolute Gasteiger partial charge is 0.342 e. The lowest BCUT2D eigenvalue weighted by molar-refractivity contribution is -0.143. The average molecular weight is 268 g/mol. The fraction of sp³-hybridized carbons (Fsp3) is 0.857. The second-order valence-electron chi connectivity index (χ2n) is 6.04. The molecule has 1 saturated carbocycles. The van der Waals surface area contributed by atoms with Crippen molar-refractivity contribution in [1.29, 1.82) is 0 Å². The summed E-state index contributed by atoms with van der Waals surface area (Å²) in [5.41, 5.74) is 2.52. The Kier molecular flexibility index (Phi) is 4.80. The van der Waals surface area contributed by atoms with E-state index in [1.165, 1.54) is 0 Å². The van der Waals surface area contributed by atoms with Gasteiger partial charge in [-0.1, -0.05) is 13.8 Å². The number of hydrogen-bond donors (Lipinski definition) is 1. The van der Waals surface area contributed by atoms with Crippen LogP contribution in [-0.4, -0.2) is 36.4 Å². The Bertz CT molecular complexity index is 332. The Labute approximate surface area is 114 Å². The van der Waals surface area contributed by atoms with Crippen LogP contribution < -0.4 is 5.48 Å². The van der Waals surface area contributed by atoms with Gasteiger partial charge in [0.15, 0.2) is 0 Å². The van der Waals surface area contributed by atoms with Crippen molar-refractivity contribution in [2.24, 2.45) is 17.8 Å². The minimum atomic E-state index is -0.0424. The summed E-state index contributed by atoms with van der Waals surface area (Å²) in [5.74, 6) is 0.905. The molecular formula is C14H24N2O3. The van der Waals surface area contributed by atoms with Crippen LogP contribution in [0.2, 0.25) is 0 Å². The third kappa shape index (κ3) is 4.20. The molecule has 2 rings (SSSR count). The van der Waals surface area contributed by atoms with Crippen molar-refractivity contribution in [3.8, 4) is 0 Å². The summed E-state index contributed by atoms with van der Waals surface area (Å²) < 4.78 is 0. The maximum Gasteiger partial charge on any atom is 0.246 e. The van der Waals surface area contributed by atoms with Gasteiger partial charge in [-0.25, -0.2) is 5.48 Å². The summed E-state index contributed by atoms with van der Waals surface area (Å²) in [5, 5.41) is 0. The number of carbonyl (C=O) groups is 2. The summed E-state index contributed by atoms with van der Waals surface area (Å²) in [7, 11) is 0. The van der Waals surface area contributed by atoms with Crippen LogP contribution in [0.3, 0.4) is 0 Å². The highest BCUT2D eigenvalue weighted by Crippen LogP contribution is 2.32. The Hall–Kier alpha value is -1.10. The van der Waals surface area contributed by atoms with Crippen LogP contribution in [-0.2, 0) is 14.4 Å². The van der Waals surface area contributed by atoms with Crippen molar-refractivity contribution in [1.82, 2.24) is 10.4 Å². The fourth-order valence-electron chi connectivity index (χ4n) is 2.31. The molecule has 2 amide bonds. The van der Waals surface area contributed by atoms with E-state index in [1.807, 2.05) is 18.7 Å². The first-order chi connectivity index (χ1) is 9.08. The van der Waals surface area contributed by atoms with Crippen molar-refractivity contribution in [2.45, 2.75) is 39.5 Å². The number of amides is 2. The fourth-order valence-corrected chi connectivity index (χ4v) is 2.31. The molecule has 0 atom stereocenters. The number of hydrogen-bond acceptors (Lipinski definition) is 3. The molecular weight excluding hydrogens is 244 g/mol. The number of likely N-dealkylation sites (tertiary alicyclic amines) is 1. The minimum absolute atomic E-state index is 0.0181. The Morgan fingerprint density at radius 1 is 1.16 bits per heavy atom. The maximum absolute atomic E-state index is 11.9.